The van der Waals surface area contributed by atoms with Crippen molar-refractivity contribution < 1.29 is 9.47 Å². The van der Waals surface area contributed by atoms with E-state index in [1.807, 2.05) is 6.07 Å². The van der Waals surface area contributed by atoms with Gasteiger partial charge in [0.15, 0.2) is 11.5 Å². The molecule has 1 N–H and O–H groups in total. The van der Waals surface area contributed by atoms with E-state index in [9.17, 15) is 0 Å². The van der Waals surface area contributed by atoms with Gasteiger partial charge >= 0.3 is 0 Å². The number of ether oxygens (including phenoxy) is 2. The first kappa shape index (κ1) is 13.7. The van der Waals surface area contributed by atoms with Gasteiger partial charge in [0.1, 0.15) is 0 Å². The molecule has 3 rings (SSSR count). The largest absolute Gasteiger partial charge is 0.490 e. The molecule has 4 nitrogen and oxygen atoms in total. The molecule has 2 atom stereocenters. The normalized spacial score (nSPS) is 27.1. The van der Waals surface area contributed by atoms with Gasteiger partial charge in [-0.1, -0.05) is 6.07 Å². The van der Waals surface area contributed by atoms with E-state index in [0.717, 1.165) is 50.8 Å². The van der Waals surface area contributed by atoms with Crippen LogP contribution in [0.1, 0.15) is 25.8 Å². The van der Waals surface area contributed by atoms with Crippen molar-refractivity contribution in [3.63, 3.8) is 0 Å². The summed E-state index contributed by atoms with van der Waals surface area (Å²) in [6.07, 6.45) is 0.955. The Morgan fingerprint density at radius 2 is 2.00 bits per heavy atom. The molecule has 2 heterocycles. The van der Waals surface area contributed by atoms with Gasteiger partial charge in [0.25, 0.3) is 0 Å². The van der Waals surface area contributed by atoms with Crippen molar-refractivity contribution >= 4 is 0 Å². The highest BCUT2D eigenvalue weighted by Gasteiger charge is 2.22. The van der Waals surface area contributed by atoms with Gasteiger partial charge in [0.2, 0.25) is 0 Å². The summed E-state index contributed by atoms with van der Waals surface area (Å²) in [4.78, 5) is 2.53. The lowest BCUT2D eigenvalue weighted by molar-refractivity contribution is 0.138. The zero-order valence-corrected chi connectivity index (χ0v) is 12.4. The Bertz CT molecular complexity index is 464. The van der Waals surface area contributed by atoms with Gasteiger partial charge in [-0.25, -0.2) is 0 Å². The smallest absolute Gasteiger partial charge is 0.161 e. The summed E-state index contributed by atoms with van der Waals surface area (Å²) in [5.74, 6) is 1.78. The number of hydrogen-bond donors (Lipinski definition) is 1. The first-order valence-corrected chi connectivity index (χ1v) is 7.58. The average molecular weight is 276 g/mol. The van der Waals surface area contributed by atoms with E-state index in [1.165, 1.54) is 5.56 Å². The highest BCUT2D eigenvalue weighted by atomic mass is 16.5. The predicted molar refractivity (Wildman–Crippen MR) is 79.4 cm³/mol. The molecule has 1 fully saturated rings. The lowest BCUT2D eigenvalue weighted by Gasteiger charge is -2.37. The van der Waals surface area contributed by atoms with Crippen molar-refractivity contribution in [2.75, 3.05) is 26.3 Å². The van der Waals surface area contributed by atoms with E-state index in [4.69, 9.17) is 9.47 Å². The van der Waals surface area contributed by atoms with Crippen LogP contribution in [0, 0.1) is 0 Å². The molecule has 1 aromatic carbocycles. The maximum absolute atomic E-state index is 5.77. The van der Waals surface area contributed by atoms with E-state index in [0.29, 0.717) is 12.1 Å². The lowest BCUT2D eigenvalue weighted by Crippen LogP contribution is -2.53. The zero-order chi connectivity index (χ0) is 13.9. The molecule has 110 valence electrons. The quantitative estimate of drug-likeness (QED) is 0.896. The zero-order valence-electron chi connectivity index (χ0n) is 12.4. The van der Waals surface area contributed by atoms with Crippen molar-refractivity contribution in [1.29, 1.82) is 0 Å². The molecule has 0 radical (unpaired) electrons. The highest BCUT2D eigenvalue weighted by molar-refractivity contribution is 5.43. The molecular weight excluding hydrogens is 252 g/mol. The summed E-state index contributed by atoms with van der Waals surface area (Å²) in [7, 11) is 0. The summed E-state index contributed by atoms with van der Waals surface area (Å²) in [5, 5.41) is 3.52. The Balaban J connectivity index is 1.72. The van der Waals surface area contributed by atoms with E-state index in [2.05, 4.69) is 36.2 Å². The summed E-state index contributed by atoms with van der Waals surface area (Å²) in [5.41, 5.74) is 1.30. The molecule has 2 aliphatic rings. The van der Waals surface area contributed by atoms with Gasteiger partial charge in [0, 0.05) is 38.1 Å². The third-order valence-electron chi connectivity index (χ3n) is 4.09. The van der Waals surface area contributed by atoms with Crippen LogP contribution in [0.3, 0.4) is 0 Å². The molecule has 2 unspecified atom stereocenters. The van der Waals surface area contributed by atoms with Crippen LogP contribution >= 0.6 is 0 Å². The number of fused-ring (bicyclic) bond motifs is 1. The molecule has 1 saturated heterocycles. The van der Waals surface area contributed by atoms with E-state index in [-0.39, 0.29) is 0 Å². The first-order chi connectivity index (χ1) is 9.72. The number of hydrogen-bond acceptors (Lipinski definition) is 4. The number of nitrogens with zero attached hydrogens (tertiary/aromatic N) is 1. The average Bonchev–Trinajstić information content (AvgIpc) is 2.67. The Morgan fingerprint density at radius 1 is 1.20 bits per heavy atom. The molecule has 0 bridgehead atoms. The Labute approximate surface area is 121 Å². The Kier molecular flexibility index (Phi) is 4.13. The minimum absolute atomic E-state index is 0.562. The van der Waals surface area contributed by atoms with Gasteiger partial charge in [0.05, 0.1) is 13.2 Å². The van der Waals surface area contributed by atoms with Crippen LogP contribution in [0.2, 0.25) is 0 Å². The standard InChI is InChI=1S/C16H24N2O2/c1-12-10-18(13(2)9-17-12)11-14-4-5-15-16(8-14)20-7-3-6-19-15/h4-5,8,12-13,17H,3,6-7,9-11H2,1-2H3. The number of nitrogens with one attached hydrogen (secondary N) is 1. The minimum atomic E-state index is 0.562. The molecule has 4 heteroatoms. The summed E-state index contributed by atoms with van der Waals surface area (Å²) in [6, 6.07) is 7.48. The van der Waals surface area contributed by atoms with E-state index in [1.54, 1.807) is 0 Å². The second kappa shape index (κ2) is 6.02. The second-order valence-corrected chi connectivity index (χ2v) is 5.92. The van der Waals surface area contributed by atoms with E-state index < -0.39 is 0 Å². The fourth-order valence-corrected chi connectivity index (χ4v) is 2.86. The fraction of sp³-hybridized carbons (Fsp3) is 0.625. The van der Waals surface area contributed by atoms with Crippen LogP contribution in [0.5, 0.6) is 11.5 Å². The maximum atomic E-state index is 5.77. The number of piperazine rings is 1. The van der Waals surface area contributed by atoms with Crippen LogP contribution in [-0.4, -0.2) is 43.3 Å². The van der Waals surface area contributed by atoms with Crippen LogP contribution in [0.15, 0.2) is 18.2 Å². The molecular formula is C16H24N2O2. The monoisotopic (exact) mass is 276 g/mol. The van der Waals surface area contributed by atoms with Gasteiger partial charge in [-0.05, 0) is 31.5 Å². The maximum Gasteiger partial charge on any atom is 0.161 e. The van der Waals surface area contributed by atoms with Gasteiger partial charge in [-0.15, -0.1) is 0 Å². The van der Waals surface area contributed by atoms with Gasteiger partial charge in [-0.3, -0.25) is 4.90 Å². The van der Waals surface area contributed by atoms with Crippen molar-refractivity contribution in [2.45, 2.75) is 38.9 Å². The number of benzene rings is 1. The minimum Gasteiger partial charge on any atom is -0.490 e. The SMILES string of the molecule is CC1CN(Cc2ccc3c(c2)OCCCO3)C(C)CN1. The molecule has 0 spiro atoms. The third-order valence-corrected chi connectivity index (χ3v) is 4.09. The fourth-order valence-electron chi connectivity index (χ4n) is 2.86. The molecule has 2 aliphatic heterocycles. The van der Waals surface area contributed by atoms with Crippen LogP contribution < -0.4 is 14.8 Å². The predicted octanol–water partition coefficient (Wildman–Crippen LogP) is 2.03. The Morgan fingerprint density at radius 3 is 2.85 bits per heavy atom. The van der Waals surface area contributed by atoms with Gasteiger partial charge < -0.3 is 14.8 Å². The number of rotatable bonds is 2. The highest BCUT2D eigenvalue weighted by Crippen LogP contribution is 2.31. The summed E-state index contributed by atoms with van der Waals surface area (Å²) < 4.78 is 11.5. The second-order valence-electron chi connectivity index (χ2n) is 5.92. The molecule has 0 amide bonds. The molecule has 0 aliphatic carbocycles. The summed E-state index contributed by atoms with van der Waals surface area (Å²) in [6.45, 7) is 9.15. The Hall–Kier alpha value is -1.26. The van der Waals surface area contributed by atoms with Crippen molar-refractivity contribution in [3.05, 3.63) is 23.8 Å². The van der Waals surface area contributed by atoms with Crippen molar-refractivity contribution in [1.82, 2.24) is 10.2 Å². The topological polar surface area (TPSA) is 33.7 Å². The van der Waals surface area contributed by atoms with Crippen molar-refractivity contribution in [2.24, 2.45) is 0 Å². The summed E-state index contributed by atoms with van der Waals surface area (Å²) >= 11 is 0. The van der Waals surface area contributed by atoms with E-state index >= 15 is 0 Å². The van der Waals surface area contributed by atoms with Crippen LogP contribution in [0.25, 0.3) is 0 Å². The molecule has 1 aromatic rings. The van der Waals surface area contributed by atoms with Gasteiger partial charge in [-0.2, -0.15) is 0 Å². The van der Waals surface area contributed by atoms with Crippen LogP contribution in [0.4, 0.5) is 0 Å². The molecule has 0 saturated carbocycles. The third kappa shape index (κ3) is 3.07. The molecule has 0 aromatic heterocycles. The first-order valence-electron chi connectivity index (χ1n) is 7.58. The van der Waals surface area contributed by atoms with Crippen molar-refractivity contribution in [3.8, 4) is 11.5 Å². The van der Waals surface area contributed by atoms with Crippen LogP contribution in [-0.2, 0) is 6.54 Å². The molecule has 20 heavy (non-hydrogen) atoms. The lowest BCUT2D eigenvalue weighted by atomic mass is 10.1.